The van der Waals surface area contributed by atoms with Crippen molar-refractivity contribution in [3.05, 3.63) is 33.8 Å². The maximum absolute atomic E-state index is 12.4. The molecule has 0 saturated heterocycles. The molecule has 0 heterocycles. The van der Waals surface area contributed by atoms with Crippen LogP contribution < -0.4 is 0 Å². The van der Waals surface area contributed by atoms with Gasteiger partial charge in [-0.15, -0.1) is 0 Å². The second-order valence-electron chi connectivity index (χ2n) is 5.28. The number of rotatable bonds is 5. The normalized spacial score (nSPS) is 15.1. The molecule has 1 fully saturated rings. The third-order valence-corrected chi connectivity index (χ3v) is 4.47. The lowest BCUT2D eigenvalue weighted by atomic mass is 10.1. The summed E-state index contributed by atoms with van der Waals surface area (Å²) >= 11 is 11.8. The Balaban J connectivity index is 2.09. The number of carboxylic acid groups (broad SMARTS) is 1. The zero-order chi connectivity index (χ0) is 15.4. The molecule has 0 aromatic heterocycles. The topological polar surface area (TPSA) is 57.6 Å². The van der Waals surface area contributed by atoms with Crippen LogP contribution in [0.15, 0.2) is 18.2 Å². The minimum absolute atomic E-state index is 0.0383. The van der Waals surface area contributed by atoms with Crippen LogP contribution in [0.3, 0.4) is 0 Å². The Bertz CT molecular complexity index is 542. The van der Waals surface area contributed by atoms with Crippen molar-refractivity contribution in [2.75, 3.05) is 6.54 Å². The zero-order valence-corrected chi connectivity index (χ0v) is 13.0. The van der Waals surface area contributed by atoms with E-state index in [-0.39, 0.29) is 24.9 Å². The average molecular weight is 330 g/mol. The lowest BCUT2D eigenvalue weighted by molar-refractivity contribution is -0.145. The van der Waals surface area contributed by atoms with Crippen LogP contribution in [0.5, 0.6) is 0 Å². The maximum Gasteiger partial charge on any atom is 0.323 e. The second-order valence-corrected chi connectivity index (χ2v) is 6.09. The Labute approximate surface area is 133 Å². The highest BCUT2D eigenvalue weighted by Crippen LogP contribution is 2.26. The summed E-state index contributed by atoms with van der Waals surface area (Å²) in [6.45, 7) is -0.245. The number of benzene rings is 1. The highest BCUT2D eigenvalue weighted by atomic mass is 35.5. The predicted molar refractivity (Wildman–Crippen MR) is 81.8 cm³/mol. The lowest BCUT2D eigenvalue weighted by Gasteiger charge is -2.27. The van der Waals surface area contributed by atoms with E-state index in [0.717, 1.165) is 31.2 Å². The molecule has 2 rings (SSSR count). The standard InChI is InChI=1S/C15H17Cl2NO3/c16-12-6-5-10(7-13(12)17)8-14(19)18(9-15(20)21)11-3-1-2-4-11/h5-7,11H,1-4,8-9H2,(H,20,21). The highest BCUT2D eigenvalue weighted by molar-refractivity contribution is 6.42. The molecule has 1 amide bonds. The Morgan fingerprint density at radius 1 is 1.19 bits per heavy atom. The van der Waals surface area contributed by atoms with Crippen LogP contribution in [0.2, 0.25) is 10.0 Å². The van der Waals surface area contributed by atoms with E-state index in [1.807, 2.05) is 0 Å². The minimum atomic E-state index is -0.982. The van der Waals surface area contributed by atoms with E-state index in [2.05, 4.69) is 0 Å². The fraction of sp³-hybridized carbons (Fsp3) is 0.467. The van der Waals surface area contributed by atoms with E-state index >= 15 is 0 Å². The van der Waals surface area contributed by atoms with Gasteiger partial charge in [0.1, 0.15) is 6.54 Å². The molecule has 4 nitrogen and oxygen atoms in total. The molecule has 114 valence electrons. The molecule has 0 spiro atoms. The fourth-order valence-electron chi connectivity index (χ4n) is 2.71. The summed E-state index contributed by atoms with van der Waals surface area (Å²) < 4.78 is 0. The molecule has 0 bridgehead atoms. The van der Waals surface area contributed by atoms with Crippen molar-refractivity contribution in [2.45, 2.75) is 38.1 Å². The molecule has 0 atom stereocenters. The smallest absolute Gasteiger partial charge is 0.323 e. The largest absolute Gasteiger partial charge is 0.480 e. The van der Waals surface area contributed by atoms with Crippen LogP contribution in [-0.2, 0) is 16.0 Å². The molecule has 0 unspecified atom stereocenters. The summed E-state index contributed by atoms with van der Waals surface area (Å²) in [4.78, 5) is 24.9. The summed E-state index contributed by atoms with van der Waals surface area (Å²) in [6.07, 6.45) is 3.98. The molecule has 1 saturated carbocycles. The predicted octanol–water partition coefficient (Wildman–Crippen LogP) is 3.39. The van der Waals surface area contributed by atoms with E-state index < -0.39 is 5.97 Å². The van der Waals surface area contributed by atoms with Gasteiger partial charge in [0, 0.05) is 6.04 Å². The van der Waals surface area contributed by atoms with Crippen LogP contribution in [0.4, 0.5) is 0 Å². The first-order valence-corrected chi connectivity index (χ1v) is 7.68. The van der Waals surface area contributed by atoms with Crippen LogP contribution in [0, 0.1) is 0 Å². The third kappa shape index (κ3) is 4.35. The highest BCUT2D eigenvalue weighted by Gasteiger charge is 2.28. The zero-order valence-electron chi connectivity index (χ0n) is 11.5. The van der Waals surface area contributed by atoms with Crippen LogP contribution in [-0.4, -0.2) is 34.5 Å². The number of hydrogen-bond acceptors (Lipinski definition) is 2. The van der Waals surface area contributed by atoms with Gasteiger partial charge in [-0.3, -0.25) is 9.59 Å². The van der Waals surface area contributed by atoms with Crippen molar-refractivity contribution in [3.63, 3.8) is 0 Å². The summed E-state index contributed by atoms with van der Waals surface area (Å²) in [7, 11) is 0. The molecular formula is C15H17Cl2NO3. The van der Waals surface area contributed by atoms with Crippen molar-refractivity contribution in [1.82, 2.24) is 4.90 Å². The van der Waals surface area contributed by atoms with Gasteiger partial charge in [-0.1, -0.05) is 42.1 Å². The molecule has 1 aromatic carbocycles. The van der Waals surface area contributed by atoms with Gasteiger partial charge in [0.2, 0.25) is 5.91 Å². The van der Waals surface area contributed by atoms with Crippen molar-refractivity contribution < 1.29 is 14.7 Å². The Hall–Kier alpha value is -1.26. The molecule has 1 aromatic rings. The first-order chi connectivity index (χ1) is 9.97. The van der Waals surface area contributed by atoms with E-state index in [0.29, 0.717) is 10.0 Å². The first-order valence-electron chi connectivity index (χ1n) is 6.92. The van der Waals surface area contributed by atoms with E-state index in [1.54, 1.807) is 18.2 Å². The van der Waals surface area contributed by atoms with Gasteiger partial charge in [-0.2, -0.15) is 0 Å². The Morgan fingerprint density at radius 2 is 1.86 bits per heavy atom. The minimum Gasteiger partial charge on any atom is -0.480 e. The van der Waals surface area contributed by atoms with Gasteiger partial charge in [0.15, 0.2) is 0 Å². The van der Waals surface area contributed by atoms with Crippen LogP contribution >= 0.6 is 23.2 Å². The lowest BCUT2D eigenvalue weighted by Crippen LogP contribution is -2.43. The molecule has 0 radical (unpaired) electrons. The van der Waals surface area contributed by atoms with E-state index in [9.17, 15) is 9.59 Å². The monoisotopic (exact) mass is 329 g/mol. The quantitative estimate of drug-likeness (QED) is 0.900. The number of halogens is 2. The molecular weight excluding hydrogens is 313 g/mol. The number of carbonyl (C=O) groups is 2. The molecule has 0 aliphatic heterocycles. The average Bonchev–Trinajstić information content (AvgIpc) is 2.93. The number of carbonyl (C=O) groups excluding carboxylic acids is 1. The van der Waals surface area contributed by atoms with Gasteiger partial charge < -0.3 is 10.0 Å². The molecule has 1 aliphatic rings. The van der Waals surface area contributed by atoms with E-state index in [4.69, 9.17) is 28.3 Å². The second kappa shape index (κ2) is 7.14. The fourth-order valence-corrected chi connectivity index (χ4v) is 3.03. The molecule has 21 heavy (non-hydrogen) atoms. The molecule has 1 aliphatic carbocycles. The number of hydrogen-bond donors (Lipinski definition) is 1. The summed E-state index contributed by atoms with van der Waals surface area (Å²) in [5, 5.41) is 9.84. The summed E-state index contributed by atoms with van der Waals surface area (Å²) in [5.74, 6) is -1.16. The van der Waals surface area contributed by atoms with Gasteiger partial charge in [0.25, 0.3) is 0 Å². The Kier molecular flexibility index (Phi) is 5.48. The SMILES string of the molecule is O=C(O)CN(C(=O)Cc1ccc(Cl)c(Cl)c1)C1CCCC1. The molecule has 6 heteroatoms. The summed E-state index contributed by atoms with van der Waals surface area (Å²) in [5.41, 5.74) is 0.739. The van der Waals surface area contributed by atoms with Crippen LogP contribution in [0.1, 0.15) is 31.2 Å². The number of nitrogens with zero attached hydrogens (tertiary/aromatic N) is 1. The van der Waals surface area contributed by atoms with Gasteiger partial charge in [-0.25, -0.2) is 0 Å². The molecule has 1 N–H and O–H groups in total. The van der Waals surface area contributed by atoms with Crippen molar-refractivity contribution >= 4 is 35.1 Å². The van der Waals surface area contributed by atoms with Gasteiger partial charge in [0.05, 0.1) is 16.5 Å². The van der Waals surface area contributed by atoms with E-state index in [1.165, 1.54) is 4.90 Å². The number of amides is 1. The number of aliphatic carboxylic acids is 1. The van der Waals surface area contributed by atoms with Gasteiger partial charge in [-0.05, 0) is 30.5 Å². The van der Waals surface area contributed by atoms with Crippen molar-refractivity contribution in [1.29, 1.82) is 0 Å². The Morgan fingerprint density at radius 3 is 2.43 bits per heavy atom. The maximum atomic E-state index is 12.4. The van der Waals surface area contributed by atoms with Crippen molar-refractivity contribution in [3.8, 4) is 0 Å². The first kappa shape index (κ1) is 16.1. The number of carboxylic acids is 1. The van der Waals surface area contributed by atoms with Gasteiger partial charge >= 0.3 is 5.97 Å². The van der Waals surface area contributed by atoms with Crippen LogP contribution in [0.25, 0.3) is 0 Å². The summed E-state index contributed by atoms with van der Waals surface area (Å²) in [6, 6.07) is 5.06. The van der Waals surface area contributed by atoms with Crippen molar-refractivity contribution in [2.24, 2.45) is 0 Å². The third-order valence-electron chi connectivity index (χ3n) is 3.73.